The van der Waals surface area contributed by atoms with Crippen molar-refractivity contribution in [2.45, 2.75) is 37.7 Å². The number of halogens is 1. The van der Waals surface area contributed by atoms with Crippen LogP contribution in [0, 0.1) is 0 Å². The van der Waals surface area contributed by atoms with Crippen LogP contribution in [0.5, 0.6) is 0 Å². The molecule has 0 unspecified atom stereocenters. The summed E-state index contributed by atoms with van der Waals surface area (Å²) in [6.07, 6.45) is 0.134. The van der Waals surface area contributed by atoms with Crippen LogP contribution in [0.25, 0.3) is 0 Å². The Morgan fingerprint density at radius 2 is 2.00 bits per heavy atom. The van der Waals surface area contributed by atoms with Gasteiger partial charge in [-0.25, -0.2) is 8.42 Å². The molecule has 1 heterocycles. The predicted octanol–water partition coefficient (Wildman–Crippen LogP) is 1.84. The van der Waals surface area contributed by atoms with Gasteiger partial charge in [-0.05, 0) is 38.5 Å². The van der Waals surface area contributed by atoms with Crippen LogP contribution in [0.3, 0.4) is 0 Å². The number of anilines is 1. The van der Waals surface area contributed by atoms with E-state index in [1.165, 1.54) is 12.1 Å². The zero-order chi connectivity index (χ0) is 15.1. The van der Waals surface area contributed by atoms with Crippen LogP contribution in [0.4, 0.5) is 5.69 Å². The smallest absolute Gasteiger partial charge is 0.263 e. The van der Waals surface area contributed by atoms with E-state index in [-0.39, 0.29) is 22.2 Å². The Kier molecular flexibility index (Phi) is 3.81. The van der Waals surface area contributed by atoms with E-state index in [9.17, 15) is 13.2 Å². The lowest BCUT2D eigenvalue weighted by Crippen LogP contribution is -2.33. The number of nitrogens with one attached hydrogen (secondary N) is 2. The fourth-order valence-corrected chi connectivity index (χ4v) is 3.19. The maximum absolute atomic E-state index is 12.2. The first kappa shape index (κ1) is 15.2. The van der Waals surface area contributed by atoms with E-state index in [0.29, 0.717) is 11.3 Å². The lowest BCUT2D eigenvalue weighted by Gasteiger charge is -2.19. The number of sulfonamides is 1. The number of benzene rings is 1. The van der Waals surface area contributed by atoms with Crippen LogP contribution in [0.15, 0.2) is 17.0 Å². The number of hydrogen-bond acceptors (Lipinski definition) is 4. The molecule has 0 saturated heterocycles. The quantitative estimate of drug-likeness (QED) is 0.833. The van der Waals surface area contributed by atoms with Crippen molar-refractivity contribution in [3.05, 3.63) is 22.7 Å². The Balaban J connectivity index is 2.34. The molecule has 0 radical (unpaired) electrons. The third kappa shape index (κ3) is 3.29. The lowest BCUT2D eigenvalue weighted by atomic mass is 10.2. The topological polar surface area (TPSA) is 84.5 Å². The average molecular weight is 319 g/mol. The molecule has 1 aromatic carbocycles. The van der Waals surface area contributed by atoms with Gasteiger partial charge in [0.25, 0.3) is 10.0 Å². The van der Waals surface area contributed by atoms with Crippen LogP contribution in [-0.4, -0.2) is 19.9 Å². The molecule has 0 aliphatic carbocycles. The van der Waals surface area contributed by atoms with Gasteiger partial charge in [-0.15, -0.1) is 0 Å². The molecule has 1 amide bonds. The number of carbonyl (C=O) groups excluding carboxylic acids is 1. The third-order valence-corrected chi connectivity index (χ3v) is 4.17. The second-order valence-corrected chi connectivity index (χ2v) is 7.49. The summed E-state index contributed by atoms with van der Waals surface area (Å²) in [6, 6.07) is 2.80. The maximum Gasteiger partial charge on any atom is 0.263 e. The molecule has 0 fully saturated rings. The molecule has 2 rings (SSSR count). The van der Waals surface area contributed by atoms with Crippen LogP contribution in [0.2, 0.25) is 5.02 Å². The first-order valence-corrected chi connectivity index (χ1v) is 7.77. The average Bonchev–Trinajstić information content (AvgIpc) is 2.64. The monoisotopic (exact) mass is 318 g/mol. The highest BCUT2D eigenvalue weighted by molar-refractivity contribution is 7.89. The molecule has 20 heavy (non-hydrogen) atoms. The number of amides is 1. The molecule has 0 spiro atoms. The predicted molar refractivity (Wildman–Crippen MR) is 74.9 cm³/mol. The first-order valence-electron chi connectivity index (χ1n) is 5.90. The second kappa shape index (κ2) is 5.00. The highest BCUT2D eigenvalue weighted by Crippen LogP contribution is 2.32. The fourth-order valence-electron chi connectivity index (χ4n) is 1.66. The van der Waals surface area contributed by atoms with Crippen molar-refractivity contribution in [2.24, 2.45) is 0 Å². The van der Waals surface area contributed by atoms with Gasteiger partial charge in [0.1, 0.15) is 4.90 Å². The van der Waals surface area contributed by atoms with Gasteiger partial charge >= 0.3 is 0 Å². The Labute approximate surface area is 122 Å². The highest BCUT2D eigenvalue weighted by Gasteiger charge is 2.26. The molecule has 110 valence electrons. The van der Waals surface area contributed by atoms with Crippen LogP contribution >= 0.6 is 11.6 Å². The van der Waals surface area contributed by atoms with Gasteiger partial charge in [0.15, 0.2) is 0 Å². The van der Waals surface area contributed by atoms with Crippen molar-refractivity contribution in [3.63, 3.8) is 0 Å². The van der Waals surface area contributed by atoms with Gasteiger partial charge in [-0.3, -0.25) is 9.63 Å². The SMILES string of the molecule is CC(C)(C)ONS(=O)(=O)c1cc2c(cc1Cl)NC(=O)C2. The molecule has 1 aliphatic rings. The van der Waals surface area contributed by atoms with Crippen molar-refractivity contribution >= 4 is 33.2 Å². The normalized spacial score (nSPS) is 15.1. The summed E-state index contributed by atoms with van der Waals surface area (Å²) in [5.74, 6) is -0.190. The number of carbonyl (C=O) groups is 1. The van der Waals surface area contributed by atoms with Crippen LogP contribution in [-0.2, 0) is 26.1 Å². The molecule has 0 bridgehead atoms. The summed E-state index contributed by atoms with van der Waals surface area (Å²) in [5, 5.41) is 2.63. The first-order chi connectivity index (χ1) is 9.08. The highest BCUT2D eigenvalue weighted by atomic mass is 35.5. The van der Waals surface area contributed by atoms with Crippen molar-refractivity contribution in [3.8, 4) is 0 Å². The van der Waals surface area contributed by atoms with E-state index in [1.54, 1.807) is 20.8 Å². The maximum atomic E-state index is 12.2. The molecular formula is C12H15ClN2O4S. The lowest BCUT2D eigenvalue weighted by molar-refractivity contribution is -0.115. The van der Waals surface area contributed by atoms with E-state index < -0.39 is 15.6 Å². The van der Waals surface area contributed by atoms with Gasteiger partial charge in [0.2, 0.25) is 5.91 Å². The number of fused-ring (bicyclic) bond motifs is 1. The van der Waals surface area contributed by atoms with Crippen molar-refractivity contribution < 1.29 is 18.0 Å². The van der Waals surface area contributed by atoms with Gasteiger partial charge in [0.05, 0.1) is 17.0 Å². The largest absolute Gasteiger partial charge is 0.325 e. The third-order valence-electron chi connectivity index (χ3n) is 2.53. The molecular weight excluding hydrogens is 304 g/mol. The minimum Gasteiger partial charge on any atom is -0.325 e. The van der Waals surface area contributed by atoms with E-state index >= 15 is 0 Å². The van der Waals surface area contributed by atoms with Gasteiger partial charge < -0.3 is 5.32 Å². The van der Waals surface area contributed by atoms with Crippen molar-refractivity contribution in [1.82, 2.24) is 4.89 Å². The summed E-state index contributed by atoms with van der Waals surface area (Å²) in [7, 11) is -3.91. The summed E-state index contributed by atoms with van der Waals surface area (Å²) in [6.45, 7) is 5.13. The zero-order valence-electron chi connectivity index (χ0n) is 11.3. The van der Waals surface area contributed by atoms with Crippen LogP contribution in [0.1, 0.15) is 26.3 Å². The Hall–Kier alpha value is -1.15. The van der Waals surface area contributed by atoms with Crippen molar-refractivity contribution in [1.29, 1.82) is 0 Å². The summed E-state index contributed by atoms with van der Waals surface area (Å²) < 4.78 is 24.3. The Morgan fingerprint density at radius 1 is 1.35 bits per heavy atom. The van der Waals surface area contributed by atoms with Gasteiger partial charge in [0, 0.05) is 5.69 Å². The molecule has 2 N–H and O–H groups in total. The molecule has 0 atom stereocenters. The molecule has 8 heteroatoms. The minimum absolute atomic E-state index is 0.0240. The Bertz CT molecular complexity index is 665. The van der Waals surface area contributed by atoms with E-state index in [2.05, 4.69) is 5.32 Å². The molecule has 1 aliphatic heterocycles. The molecule has 0 saturated carbocycles. The molecule has 6 nitrogen and oxygen atoms in total. The molecule has 1 aromatic rings. The van der Waals surface area contributed by atoms with E-state index in [0.717, 1.165) is 0 Å². The zero-order valence-corrected chi connectivity index (χ0v) is 12.9. The standard InChI is InChI=1S/C12H15ClN2O4S/c1-12(2,3)19-15-20(17,18)10-4-7-5-11(16)14-9(7)6-8(10)13/h4,6,15H,5H2,1-3H3,(H,14,16). The van der Waals surface area contributed by atoms with Gasteiger partial charge in [-0.2, -0.15) is 0 Å². The Morgan fingerprint density at radius 3 is 2.60 bits per heavy atom. The van der Waals surface area contributed by atoms with Gasteiger partial charge in [-0.1, -0.05) is 16.5 Å². The number of hydrogen-bond donors (Lipinski definition) is 2. The summed E-state index contributed by atoms with van der Waals surface area (Å²) in [5.41, 5.74) is 0.458. The summed E-state index contributed by atoms with van der Waals surface area (Å²) in [4.78, 5) is 18.3. The fraction of sp³-hybridized carbons (Fsp3) is 0.417. The molecule has 0 aromatic heterocycles. The summed E-state index contributed by atoms with van der Waals surface area (Å²) >= 11 is 5.96. The second-order valence-electron chi connectivity index (χ2n) is 5.47. The number of rotatable bonds is 3. The van der Waals surface area contributed by atoms with Crippen molar-refractivity contribution in [2.75, 3.05) is 5.32 Å². The minimum atomic E-state index is -3.91. The van der Waals surface area contributed by atoms with E-state index in [1.807, 2.05) is 4.89 Å². The van der Waals surface area contributed by atoms with Crippen LogP contribution < -0.4 is 10.2 Å². The van der Waals surface area contributed by atoms with E-state index in [4.69, 9.17) is 16.4 Å².